The van der Waals surface area contributed by atoms with Crippen molar-refractivity contribution in [3.63, 3.8) is 0 Å². The van der Waals surface area contributed by atoms with Crippen molar-refractivity contribution in [2.75, 3.05) is 26.7 Å². The third kappa shape index (κ3) is 7.88. The molecule has 3 N–H and O–H groups in total. The molecule has 27 heavy (non-hydrogen) atoms. The van der Waals surface area contributed by atoms with Gasteiger partial charge in [0.1, 0.15) is 0 Å². The Morgan fingerprint density at radius 2 is 2.07 bits per heavy atom. The van der Waals surface area contributed by atoms with Gasteiger partial charge in [-0.1, -0.05) is 19.1 Å². The molecule has 1 amide bonds. The van der Waals surface area contributed by atoms with Gasteiger partial charge in [-0.15, -0.1) is 24.0 Å². The second-order valence-electron chi connectivity index (χ2n) is 6.13. The molecule has 148 valence electrons. The molecule has 0 aliphatic carbocycles. The van der Waals surface area contributed by atoms with Crippen molar-refractivity contribution >= 4 is 47.2 Å². The molecule has 7 heteroatoms. The van der Waals surface area contributed by atoms with Crippen LogP contribution in [-0.4, -0.2) is 38.5 Å². The Kier molecular flexibility index (Phi) is 11.0. The zero-order chi connectivity index (χ0) is 18.8. The van der Waals surface area contributed by atoms with E-state index in [-0.39, 0.29) is 29.9 Å². The molecule has 1 aromatic heterocycles. The number of rotatable bonds is 8. The van der Waals surface area contributed by atoms with Crippen LogP contribution < -0.4 is 16.0 Å². The van der Waals surface area contributed by atoms with E-state index in [1.165, 1.54) is 5.56 Å². The van der Waals surface area contributed by atoms with E-state index in [0.29, 0.717) is 11.5 Å². The number of nitrogens with zero attached hydrogens (tertiary/aromatic N) is 1. The topological polar surface area (TPSA) is 65.5 Å². The summed E-state index contributed by atoms with van der Waals surface area (Å²) < 4.78 is 0. The highest BCUT2D eigenvalue weighted by Crippen LogP contribution is 2.18. The van der Waals surface area contributed by atoms with Crippen LogP contribution in [0.5, 0.6) is 0 Å². The number of benzene rings is 1. The van der Waals surface area contributed by atoms with Gasteiger partial charge in [0.05, 0.1) is 0 Å². The molecule has 0 saturated carbocycles. The third-order valence-electron chi connectivity index (χ3n) is 4.10. The largest absolute Gasteiger partial charge is 0.357 e. The Labute approximate surface area is 183 Å². The van der Waals surface area contributed by atoms with Crippen molar-refractivity contribution in [2.24, 2.45) is 4.99 Å². The Morgan fingerprint density at radius 3 is 2.74 bits per heavy atom. The summed E-state index contributed by atoms with van der Waals surface area (Å²) in [6.45, 7) is 6.59. The first-order valence-electron chi connectivity index (χ1n) is 8.99. The van der Waals surface area contributed by atoms with Crippen molar-refractivity contribution in [2.45, 2.75) is 26.2 Å². The number of halogens is 1. The minimum Gasteiger partial charge on any atom is -0.357 e. The minimum absolute atomic E-state index is 0. The molecule has 5 nitrogen and oxygen atoms in total. The van der Waals surface area contributed by atoms with E-state index in [4.69, 9.17) is 4.99 Å². The maximum Gasteiger partial charge on any atom is 0.251 e. The second kappa shape index (κ2) is 12.7. The normalized spacial score (nSPS) is 12.0. The van der Waals surface area contributed by atoms with Crippen molar-refractivity contribution in [1.82, 2.24) is 16.0 Å². The van der Waals surface area contributed by atoms with E-state index in [0.717, 1.165) is 37.6 Å². The summed E-state index contributed by atoms with van der Waals surface area (Å²) in [6.07, 6.45) is 0.829. The molecule has 1 unspecified atom stereocenters. The summed E-state index contributed by atoms with van der Waals surface area (Å²) in [7, 11) is 1.65. The molecule has 0 aliphatic rings. The molecule has 0 fully saturated rings. The minimum atomic E-state index is -0.0582. The average Bonchev–Trinajstić information content (AvgIpc) is 3.20. The van der Waals surface area contributed by atoms with E-state index in [2.05, 4.69) is 46.6 Å². The van der Waals surface area contributed by atoms with Gasteiger partial charge in [0.15, 0.2) is 5.96 Å². The molecule has 1 aromatic carbocycles. The fraction of sp³-hybridized carbons (Fsp3) is 0.400. The molecule has 0 radical (unpaired) electrons. The fourth-order valence-electron chi connectivity index (χ4n) is 2.57. The van der Waals surface area contributed by atoms with E-state index < -0.39 is 0 Å². The lowest BCUT2D eigenvalue weighted by Gasteiger charge is -2.13. The predicted octanol–water partition coefficient (Wildman–Crippen LogP) is 3.63. The van der Waals surface area contributed by atoms with Gasteiger partial charge in [-0.05, 0) is 53.4 Å². The molecule has 1 heterocycles. The molecule has 0 bridgehead atoms. The molecule has 0 saturated heterocycles. The summed E-state index contributed by atoms with van der Waals surface area (Å²) in [5, 5.41) is 13.6. The van der Waals surface area contributed by atoms with Crippen molar-refractivity contribution in [1.29, 1.82) is 0 Å². The first kappa shape index (κ1) is 23.4. The fourth-order valence-corrected chi connectivity index (χ4v) is 3.35. The Hall–Kier alpha value is -1.61. The van der Waals surface area contributed by atoms with Crippen LogP contribution in [0, 0.1) is 0 Å². The van der Waals surface area contributed by atoms with Crippen molar-refractivity contribution < 1.29 is 4.79 Å². The first-order chi connectivity index (χ1) is 12.6. The zero-order valence-corrected chi connectivity index (χ0v) is 19.3. The van der Waals surface area contributed by atoms with Gasteiger partial charge < -0.3 is 16.0 Å². The van der Waals surface area contributed by atoms with Gasteiger partial charge in [-0.25, -0.2) is 0 Å². The quantitative estimate of drug-likeness (QED) is 0.295. The van der Waals surface area contributed by atoms with Crippen LogP contribution in [0.3, 0.4) is 0 Å². The number of carbonyl (C=O) groups excluding carboxylic acids is 1. The van der Waals surface area contributed by atoms with Gasteiger partial charge in [0.25, 0.3) is 5.91 Å². The number of hydrogen-bond acceptors (Lipinski definition) is 3. The maximum atomic E-state index is 11.7. The molecular weight excluding hydrogens is 471 g/mol. The Bertz CT molecular complexity index is 719. The summed E-state index contributed by atoms with van der Waals surface area (Å²) in [4.78, 5) is 16.4. The second-order valence-corrected chi connectivity index (χ2v) is 6.91. The van der Waals surface area contributed by atoms with E-state index in [1.54, 1.807) is 18.4 Å². The smallest absolute Gasteiger partial charge is 0.251 e. The highest BCUT2D eigenvalue weighted by atomic mass is 127. The van der Waals surface area contributed by atoms with Gasteiger partial charge in [-0.2, -0.15) is 11.3 Å². The third-order valence-corrected chi connectivity index (χ3v) is 4.80. The lowest BCUT2D eigenvalue weighted by atomic mass is 10.1. The highest BCUT2D eigenvalue weighted by molar-refractivity contribution is 14.0. The van der Waals surface area contributed by atoms with Gasteiger partial charge >= 0.3 is 0 Å². The lowest BCUT2D eigenvalue weighted by Crippen LogP contribution is -2.38. The summed E-state index contributed by atoms with van der Waals surface area (Å²) in [5.74, 6) is 1.18. The van der Waals surface area contributed by atoms with E-state index in [1.807, 2.05) is 24.3 Å². The van der Waals surface area contributed by atoms with E-state index >= 15 is 0 Å². The first-order valence-corrected chi connectivity index (χ1v) is 9.93. The van der Waals surface area contributed by atoms with Crippen LogP contribution in [0.4, 0.5) is 0 Å². The van der Waals surface area contributed by atoms with Gasteiger partial charge in [0.2, 0.25) is 0 Å². The summed E-state index contributed by atoms with van der Waals surface area (Å²) in [5.41, 5.74) is 3.15. The summed E-state index contributed by atoms with van der Waals surface area (Å²) in [6, 6.07) is 9.87. The number of amides is 1. The number of nitrogens with one attached hydrogen (secondary N) is 3. The molecule has 0 spiro atoms. The van der Waals surface area contributed by atoms with Gasteiger partial charge in [-0.3, -0.25) is 9.79 Å². The zero-order valence-electron chi connectivity index (χ0n) is 16.1. The molecule has 2 rings (SSSR count). The average molecular weight is 500 g/mol. The Balaban J connectivity index is 0.00000364. The number of thiophene rings is 1. The molecule has 2 aromatic rings. The number of guanidine groups is 1. The molecule has 1 atom stereocenters. The van der Waals surface area contributed by atoms with Crippen molar-refractivity contribution in [3.8, 4) is 0 Å². The van der Waals surface area contributed by atoms with Crippen LogP contribution in [0.2, 0.25) is 0 Å². The van der Waals surface area contributed by atoms with Crippen LogP contribution in [-0.2, 0) is 6.42 Å². The monoisotopic (exact) mass is 500 g/mol. The van der Waals surface area contributed by atoms with Crippen LogP contribution in [0.1, 0.15) is 41.3 Å². The van der Waals surface area contributed by atoms with Crippen LogP contribution >= 0.6 is 35.3 Å². The standard InChI is InChI=1S/C20H28N4OS.HI/c1-4-22-20(24-13-15(2)18-9-11-26-14-18)23-10-8-16-6-5-7-17(12-16)19(25)21-3;/h5-7,9,11-12,14-15H,4,8,10,13H2,1-3H3,(H,21,25)(H2,22,23,24);1H. The number of aliphatic imine (C=N–C) groups is 1. The molecular formula is C20H29IN4OS. The van der Waals surface area contributed by atoms with E-state index in [9.17, 15) is 4.79 Å². The van der Waals surface area contributed by atoms with Crippen LogP contribution in [0.25, 0.3) is 0 Å². The highest BCUT2D eigenvalue weighted by Gasteiger charge is 2.07. The Morgan fingerprint density at radius 1 is 1.26 bits per heavy atom. The summed E-state index contributed by atoms with van der Waals surface area (Å²) >= 11 is 1.72. The van der Waals surface area contributed by atoms with Crippen molar-refractivity contribution in [3.05, 3.63) is 57.8 Å². The van der Waals surface area contributed by atoms with Gasteiger partial charge in [0, 0.05) is 38.2 Å². The lowest BCUT2D eigenvalue weighted by molar-refractivity contribution is 0.0963. The molecule has 0 aliphatic heterocycles. The predicted molar refractivity (Wildman–Crippen MR) is 126 cm³/mol. The number of carbonyl (C=O) groups is 1. The van der Waals surface area contributed by atoms with Crippen LogP contribution in [0.15, 0.2) is 46.1 Å². The number of hydrogen-bond donors (Lipinski definition) is 3. The SMILES string of the molecule is CCNC(=NCC(C)c1ccsc1)NCCc1cccc(C(=O)NC)c1.I. The maximum absolute atomic E-state index is 11.7.